The lowest BCUT2D eigenvalue weighted by Crippen LogP contribution is -2.10. The lowest BCUT2D eigenvalue weighted by atomic mass is 9.95. The van der Waals surface area contributed by atoms with Gasteiger partial charge in [0, 0.05) is 10.6 Å². The molecule has 0 unspecified atom stereocenters. The van der Waals surface area contributed by atoms with Gasteiger partial charge in [0.25, 0.3) is 0 Å². The first kappa shape index (κ1) is 14.1. The summed E-state index contributed by atoms with van der Waals surface area (Å²) in [5.74, 6) is 0.744. The van der Waals surface area contributed by atoms with E-state index in [-0.39, 0.29) is 0 Å². The van der Waals surface area contributed by atoms with Gasteiger partial charge >= 0.3 is 0 Å². The Morgan fingerprint density at radius 1 is 1.38 bits per heavy atom. The predicted octanol–water partition coefficient (Wildman–Crippen LogP) is 4.07. The maximum atomic E-state index is 9.35. The van der Waals surface area contributed by atoms with Gasteiger partial charge in [-0.1, -0.05) is 6.92 Å². The molecule has 0 saturated carbocycles. The van der Waals surface area contributed by atoms with E-state index in [4.69, 9.17) is 4.98 Å². The van der Waals surface area contributed by atoms with E-state index in [1.807, 2.05) is 6.07 Å². The highest BCUT2D eigenvalue weighted by Crippen LogP contribution is 2.25. The quantitative estimate of drug-likeness (QED) is 0.925. The molecule has 0 fully saturated rings. The number of hydrogen-bond donors (Lipinski definition) is 1. The Hall–Kier alpha value is -1.86. The Bertz CT molecular complexity index is 682. The molecule has 2 aromatic rings. The van der Waals surface area contributed by atoms with E-state index in [1.165, 1.54) is 34.5 Å². The second kappa shape index (κ2) is 6.28. The molecule has 1 aliphatic rings. The number of nitriles is 1. The monoisotopic (exact) mass is 297 g/mol. The van der Waals surface area contributed by atoms with Crippen molar-refractivity contribution < 1.29 is 0 Å². The van der Waals surface area contributed by atoms with Gasteiger partial charge in [0.2, 0.25) is 0 Å². The van der Waals surface area contributed by atoms with E-state index in [0.717, 1.165) is 31.6 Å². The van der Waals surface area contributed by atoms with E-state index >= 15 is 0 Å². The topological polar surface area (TPSA) is 48.7 Å². The molecular formula is C17H19N3S. The van der Waals surface area contributed by atoms with Crippen LogP contribution in [0.3, 0.4) is 0 Å². The van der Waals surface area contributed by atoms with Crippen molar-refractivity contribution >= 4 is 17.2 Å². The summed E-state index contributed by atoms with van der Waals surface area (Å²) in [6.07, 6.45) is 5.55. The van der Waals surface area contributed by atoms with Crippen molar-refractivity contribution in [1.29, 1.82) is 5.26 Å². The van der Waals surface area contributed by atoms with Crippen LogP contribution in [0, 0.1) is 11.3 Å². The maximum Gasteiger partial charge on any atom is 0.144 e. The molecule has 0 amide bonds. The summed E-state index contributed by atoms with van der Waals surface area (Å²) in [6.45, 7) is 2.92. The van der Waals surface area contributed by atoms with Gasteiger partial charge in [-0.3, -0.25) is 0 Å². The molecule has 0 spiro atoms. The number of aryl methyl sites for hydroxylation is 3. The number of pyridine rings is 1. The molecular weight excluding hydrogens is 278 g/mol. The predicted molar refractivity (Wildman–Crippen MR) is 86.6 cm³/mol. The Balaban J connectivity index is 1.83. The number of anilines is 1. The van der Waals surface area contributed by atoms with Crippen molar-refractivity contribution in [1.82, 2.24) is 4.98 Å². The first-order chi connectivity index (χ1) is 10.3. The Morgan fingerprint density at radius 2 is 2.24 bits per heavy atom. The fourth-order valence-electron chi connectivity index (χ4n) is 2.85. The summed E-state index contributed by atoms with van der Waals surface area (Å²) in [7, 11) is 0. The van der Waals surface area contributed by atoms with E-state index in [2.05, 4.69) is 29.8 Å². The second-order valence-electron chi connectivity index (χ2n) is 5.39. The van der Waals surface area contributed by atoms with Crippen molar-refractivity contribution in [2.75, 3.05) is 5.32 Å². The zero-order valence-corrected chi connectivity index (χ0v) is 13.1. The van der Waals surface area contributed by atoms with Gasteiger partial charge in [0.15, 0.2) is 0 Å². The molecule has 1 N–H and O–H groups in total. The highest BCUT2D eigenvalue weighted by molar-refractivity contribution is 7.10. The van der Waals surface area contributed by atoms with Crippen LogP contribution in [-0.2, 0) is 25.8 Å². The summed E-state index contributed by atoms with van der Waals surface area (Å²) in [5, 5.41) is 14.8. The van der Waals surface area contributed by atoms with Crippen molar-refractivity contribution in [2.24, 2.45) is 0 Å². The zero-order chi connectivity index (χ0) is 14.7. The number of fused-ring (bicyclic) bond motifs is 1. The van der Waals surface area contributed by atoms with Gasteiger partial charge in [-0.05, 0) is 60.7 Å². The molecule has 0 bridgehead atoms. The van der Waals surface area contributed by atoms with Crippen LogP contribution in [0.2, 0.25) is 0 Å². The van der Waals surface area contributed by atoms with Crippen molar-refractivity contribution in [3.05, 3.63) is 44.8 Å². The van der Waals surface area contributed by atoms with E-state index < -0.39 is 0 Å². The third-order valence-corrected chi connectivity index (χ3v) is 5.02. The van der Waals surface area contributed by atoms with Gasteiger partial charge in [-0.15, -0.1) is 11.3 Å². The lowest BCUT2D eigenvalue weighted by molar-refractivity contribution is 0.668. The first-order valence-corrected chi connectivity index (χ1v) is 8.41. The van der Waals surface area contributed by atoms with Crippen LogP contribution in [0.5, 0.6) is 0 Å². The number of aromatic nitrogens is 1. The minimum absolute atomic E-state index is 0.672. The second-order valence-corrected chi connectivity index (χ2v) is 6.39. The third-order valence-electron chi connectivity index (χ3n) is 4.06. The smallest absolute Gasteiger partial charge is 0.144 e. The van der Waals surface area contributed by atoms with E-state index in [0.29, 0.717) is 5.56 Å². The largest absolute Gasteiger partial charge is 0.364 e. The molecule has 0 saturated heterocycles. The lowest BCUT2D eigenvalue weighted by Gasteiger charge is -2.17. The molecule has 3 nitrogen and oxygen atoms in total. The summed E-state index contributed by atoms with van der Waals surface area (Å²) >= 11 is 1.76. The molecule has 1 aliphatic carbocycles. The van der Waals surface area contributed by atoms with Crippen LogP contribution < -0.4 is 5.32 Å². The number of hydrogen-bond acceptors (Lipinski definition) is 4. The molecule has 0 atom stereocenters. The summed E-state index contributed by atoms with van der Waals surface area (Å²) < 4.78 is 0. The third kappa shape index (κ3) is 2.93. The summed E-state index contributed by atoms with van der Waals surface area (Å²) in [6, 6.07) is 6.48. The molecule has 108 valence electrons. The minimum Gasteiger partial charge on any atom is -0.364 e. The highest BCUT2D eigenvalue weighted by Gasteiger charge is 2.15. The van der Waals surface area contributed by atoms with E-state index in [1.54, 1.807) is 11.3 Å². The number of nitrogens with zero attached hydrogens (tertiary/aromatic N) is 2. The fourth-order valence-corrected chi connectivity index (χ4v) is 3.77. The van der Waals surface area contributed by atoms with Gasteiger partial charge in [0.05, 0.1) is 12.1 Å². The first-order valence-electron chi connectivity index (χ1n) is 7.53. The van der Waals surface area contributed by atoms with Gasteiger partial charge in [-0.2, -0.15) is 5.26 Å². The highest BCUT2D eigenvalue weighted by atomic mass is 32.1. The summed E-state index contributed by atoms with van der Waals surface area (Å²) in [5.41, 5.74) is 4.48. The molecule has 2 aromatic heterocycles. The van der Waals surface area contributed by atoms with Crippen LogP contribution in [0.1, 0.15) is 47.0 Å². The van der Waals surface area contributed by atoms with Crippen LogP contribution in [0.15, 0.2) is 17.5 Å². The SMILES string of the molecule is CCc1ccsc1CNc1nc2c(cc1C#N)CCCC2. The molecule has 3 rings (SSSR count). The van der Waals surface area contributed by atoms with Crippen molar-refractivity contribution in [2.45, 2.75) is 45.6 Å². The van der Waals surface area contributed by atoms with Crippen molar-refractivity contribution in [3.8, 4) is 6.07 Å². The van der Waals surface area contributed by atoms with Crippen LogP contribution in [0.4, 0.5) is 5.82 Å². The number of thiophene rings is 1. The Labute approximate surface area is 129 Å². The number of rotatable bonds is 4. The van der Waals surface area contributed by atoms with Crippen LogP contribution in [0.25, 0.3) is 0 Å². The molecule has 21 heavy (non-hydrogen) atoms. The fraction of sp³-hybridized carbons (Fsp3) is 0.412. The standard InChI is InChI=1S/C17H19N3S/c1-2-12-7-8-21-16(12)11-19-17-14(10-18)9-13-5-3-4-6-15(13)20-17/h7-9H,2-6,11H2,1H3,(H,19,20). The molecule has 0 radical (unpaired) electrons. The van der Waals surface area contributed by atoms with E-state index in [9.17, 15) is 5.26 Å². The average Bonchev–Trinajstić information content (AvgIpc) is 2.99. The molecule has 0 aromatic carbocycles. The zero-order valence-electron chi connectivity index (χ0n) is 12.3. The molecule has 2 heterocycles. The van der Waals surface area contributed by atoms with Crippen LogP contribution >= 0.6 is 11.3 Å². The van der Waals surface area contributed by atoms with Gasteiger partial charge in [0.1, 0.15) is 11.9 Å². The molecule has 0 aliphatic heterocycles. The average molecular weight is 297 g/mol. The van der Waals surface area contributed by atoms with Gasteiger partial charge < -0.3 is 5.32 Å². The Kier molecular flexibility index (Phi) is 4.21. The number of nitrogens with one attached hydrogen (secondary N) is 1. The Morgan fingerprint density at radius 3 is 3.05 bits per heavy atom. The minimum atomic E-state index is 0.672. The maximum absolute atomic E-state index is 9.35. The molecule has 4 heteroatoms. The van der Waals surface area contributed by atoms with Gasteiger partial charge in [-0.25, -0.2) is 4.98 Å². The normalized spacial score (nSPS) is 13.5. The van der Waals surface area contributed by atoms with Crippen molar-refractivity contribution in [3.63, 3.8) is 0 Å². The van der Waals surface area contributed by atoms with Crippen LogP contribution in [-0.4, -0.2) is 4.98 Å². The summed E-state index contributed by atoms with van der Waals surface area (Å²) in [4.78, 5) is 6.04.